The first kappa shape index (κ1) is 15.7. The molecule has 0 radical (unpaired) electrons. The molecule has 116 valence electrons. The van der Waals surface area contributed by atoms with Crippen molar-refractivity contribution in [1.29, 1.82) is 0 Å². The maximum Gasteiger partial charge on any atom is 0.417 e. The maximum absolute atomic E-state index is 12.7. The Balaban J connectivity index is 2.11. The molecular formula is C15H18F3NO2. The van der Waals surface area contributed by atoms with Gasteiger partial charge < -0.3 is 10.4 Å². The fourth-order valence-electron chi connectivity index (χ4n) is 2.85. The van der Waals surface area contributed by atoms with Crippen molar-refractivity contribution >= 4 is 11.7 Å². The molecule has 2 N–H and O–H groups in total. The summed E-state index contributed by atoms with van der Waals surface area (Å²) in [6.45, 7) is 2.84. The molecule has 0 bridgehead atoms. The van der Waals surface area contributed by atoms with Gasteiger partial charge in [0.2, 0.25) is 0 Å². The normalized spacial score (nSPS) is 22.3. The summed E-state index contributed by atoms with van der Waals surface area (Å²) in [6, 6.07) is 3.17. The molecule has 2 rings (SSSR count). The number of carboxylic acid groups (broad SMARTS) is 1. The standard InChI is InChI=1S/C15H18F3NO2/c1-9-2-3-10(6-9)8-19-11-4-5-13(15(16,17)18)12(7-11)14(20)21/h4-5,7,9-10,19H,2-3,6,8H2,1H3,(H,20,21). The molecule has 1 aromatic rings. The lowest BCUT2D eigenvalue weighted by atomic mass is 10.0. The predicted molar refractivity (Wildman–Crippen MR) is 73.4 cm³/mol. The number of aromatic carboxylic acids is 1. The highest BCUT2D eigenvalue weighted by Crippen LogP contribution is 2.34. The number of benzene rings is 1. The highest BCUT2D eigenvalue weighted by molar-refractivity contribution is 5.91. The van der Waals surface area contributed by atoms with Crippen LogP contribution in [0.25, 0.3) is 0 Å². The van der Waals surface area contributed by atoms with Crippen LogP contribution in [0.15, 0.2) is 18.2 Å². The minimum Gasteiger partial charge on any atom is -0.478 e. The fourth-order valence-corrected chi connectivity index (χ4v) is 2.85. The molecule has 0 aromatic heterocycles. The fraction of sp³-hybridized carbons (Fsp3) is 0.533. The number of hydrogen-bond acceptors (Lipinski definition) is 2. The number of anilines is 1. The summed E-state index contributed by atoms with van der Waals surface area (Å²) in [5.41, 5.74) is -1.41. The van der Waals surface area contributed by atoms with E-state index < -0.39 is 23.3 Å². The number of hydrogen-bond donors (Lipinski definition) is 2. The Labute approximate surface area is 121 Å². The number of rotatable bonds is 4. The quantitative estimate of drug-likeness (QED) is 0.874. The summed E-state index contributed by atoms with van der Waals surface area (Å²) in [7, 11) is 0. The molecule has 1 saturated carbocycles. The van der Waals surface area contributed by atoms with Crippen molar-refractivity contribution < 1.29 is 23.1 Å². The van der Waals surface area contributed by atoms with Gasteiger partial charge in [-0.25, -0.2) is 4.79 Å². The molecule has 3 nitrogen and oxygen atoms in total. The number of alkyl halides is 3. The lowest BCUT2D eigenvalue weighted by Gasteiger charge is -2.15. The molecule has 2 atom stereocenters. The van der Waals surface area contributed by atoms with E-state index in [2.05, 4.69) is 12.2 Å². The second kappa shape index (κ2) is 5.95. The van der Waals surface area contributed by atoms with E-state index in [0.29, 0.717) is 24.1 Å². The summed E-state index contributed by atoms with van der Waals surface area (Å²) in [5.74, 6) is -0.393. The highest BCUT2D eigenvalue weighted by Gasteiger charge is 2.35. The lowest BCUT2D eigenvalue weighted by Crippen LogP contribution is -2.15. The van der Waals surface area contributed by atoms with Crippen LogP contribution in [-0.2, 0) is 6.18 Å². The zero-order valence-corrected chi connectivity index (χ0v) is 11.7. The van der Waals surface area contributed by atoms with E-state index >= 15 is 0 Å². The Bertz CT molecular complexity index is 528. The topological polar surface area (TPSA) is 49.3 Å². The minimum atomic E-state index is -4.66. The van der Waals surface area contributed by atoms with Gasteiger partial charge in [0, 0.05) is 12.2 Å². The zero-order chi connectivity index (χ0) is 15.6. The molecular weight excluding hydrogens is 283 g/mol. The Morgan fingerprint density at radius 1 is 1.38 bits per heavy atom. The Hall–Kier alpha value is -1.72. The molecule has 21 heavy (non-hydrogen) atoms. The number of carboxylic acids is 1. The first-order valence-corrected chi connectivity index (χ1v) is 6.95. The van der Waals surface area contributed by atoms with Gasteiger partial charge in [-0.05, 0) is 42.9 Å². The van der Waals surface area contributed by atoms with E-state index in [1.165, 1.54) is 12.5 Å². The second-order valence-corrected chi connectivity index (χ2v) is 5.73. The van der Waals surface area contributed by atoms with Gasteiger partial charge in [0.15, 0.2) is 0 Å². The van der Waals surface area contributed by atoms with Crippen LogP contribution in [0.3, 0.4) is 0 Å². The minimum absolute atomic E-state index is 0.417. The zero-order valence-electron chi connectivity index (χ0n) is 11.7. The van der Waals surface area contributed by atoms with Crippen molar-refractivity contribution in [2.75, 3.05) is 11.9 Å². The molecule has 2 unspecified atom stereocenters. The third-order valence-corrected chi connectivity index (χ3v) is 3.95. The first-order chi connectivity index (χ1) is 9.77. The van der Waals surface area contributed by atoms with Gasteiger partial charge in [0.25, 0.3) is 0 Å². The van der Waals surface area contributed by atoms with Crippen LogP contribution in [0.5, 0.6) is 0 Å². The lowest BCUT2D eigenvalue weighted by molar-refractivity contribution is -0.138. The number of halogens is 3. The van der Waals surface area contributed by atoms with Gasteiger partial charge in [0.05, 0.1) is 11.1 Å². The van der Waals surface area contributed by atoms with Crippen LogP contribution in [0.1, 0.15) is 42.1 Å². The van der Waals surface area contributed by atoms with Gasteiger partial charge in [0.1, 0.15) is 0 Å². The van der Waals surface area contributed by atoms with Crippen LogP contribution in [-0.4, -0.2) is 17.6 Å². The smallest absolute Gasteiger partial charge is 0.417 e. The van der Waals surface area contributed by atoms with Crippen LogP contribution in [0.2, 0.25) is 0 Å². The maximum atomic E-state index is 12.7. The molecule has 1 fully saturated rings. The van der Waals surface area contributed by atoms with Crippen molar-refractivity contribution in [3.05, 3.63) is 29.3 Å². The molecule has 1 aliphatic carbocycles. The van der Waals surface area contributed by atoms with Gasteiger partial charge in [-0.2, -0.15) is 13.2 Å². The highest BCUT2D eigenvalue weighted by atomic mass is 19.4. The SMILES string of the molecule is CC1CCC(CNc2ccc(C(F)(F)F)c(C(=O)O)c2)C1. The van der Waals surface area contributed by atoms with Crippen LogP contribution in [0, 0.1) is 11.8 Å². The second-order valence-electron chi connectivity index (χ2n) is 5.73. The summed E-state index contributed by atoms with van der Waals surface area (Å²) in [6.07, 6.45) is -1.30. The predicted octanol–water partition coefficient (Wildman–Crippen LogP) is 4.25. The van der Waals surface area contributed by atoms with E-state index in [-0.39, 0.29) is 0 Å². The van der Waals surface area contributed by atoms with Gasteiger partial charge in [-0.15, -0.1) is 0 Å². The van der Waals surface area contributed by atoms with Crippen molar-refractivity contribution in [2.24, 2.45) is 11.8 Å². The number of carbonyl (C=O) groups is 1. The average molecular weight is 301 g/mol. The molecule has 1 aliphatic rings. The molecule has 6 heteroatoms. The average Bonchev–Trinajstić information content (AvgIpc) is 2.80. The largest absolute Gasteiger partial charge is 0.478 e. The summed E-state index contributed by atoms with van der Waals surface area (Å²) in [5, 5.41) is 12.0. The van der Waals surface area contributed by atoms with E-state index in [4.69, 9.17) is 5.11 Å². The van der Waals surface area contributed by atoms with Crippen molar-refractivity contribution in [2.45, 2.75) is 32.4 Å². The number of nitrogens with one attached hydrogen (secondary N) is 1. The van der Waals surface area contributed by atoms with Crippen molar-refractivity contribution in [3.63, 3.8) is 0 Å². The Kier molecular flexibility index (Phi) is 4.44. The summed E-state index contributed by atoms with van der Waals surface area (Å²) in [4.78, 5) is 11.0. The third-order valence-electron chi connectivity index (χ3n) is 3.95. The van der Waals surface area contributed by atoms with Gasteiger partial charge in [-0.1, -0.05) is 13.3 Å². The molecule has 0 saturated heterocycles. The van der Waals surface area contributed by atoms with Crippen LogP contribution < -0.4 is 5.32 Å². The molecule has 0 amide bonds. The monoisotopic (exact) mass is 301 g/mol. The summed E-state index contributed by atoms with van der Waals surface area (Å²) >= 11 is 0. The van der Waals surface area contributed by atoms with Crippen LogP contribution >= 0.6 is 0 Å². The molecule has 0 aliphatic heterocycles. The van der Waals surface area contributed by atoms with Crippen molar-refractivity contribution in [1.82, 2.24) is 0 Å². The van der Waals surface area contributed by atoms with E-state index in [0.717, 1.165) is 25.0 Å². The van der Waals surface area contributed by atoms with Gasteiger partial charge in [-0.3, -0.25) is 0 Å². The molecule has 1 aromatic carbocycles. The van der Waals surface area contributed by atoms with Crippen LogP contribution in [0.4, 0.5) is 18.9 Å². The third kappa shape index (κ3) is 3.89. The summed E-state index contributed by atoms with van der Waals surface area (Å²) < 4.78 is 38.2. The Morgan fingerprint density at radius 3 is 2.62 bits per heavy atom. The van der Waals surface area contributed by atoms with Crippen molar-refractivity contribution in [3.8, 4) is 0 Å². The van der Waals surface area contributed by atoms with Gasteiger partial charge >= 0.3 is 12.1 Å². The van der Waals surface area contributed by atoms with E-state index in [1.54, 1.807) is 0 Å². The molecule has 0 heterocycles. The van der Waals surface area contributed by atoms with E-state index in [1.807, 2.05) is 0 Å². The van der Waals surface area contributed by atoms with E-state index in [9.17, 15) is 18.0 Å². The molecule has 0 spiro atoms. The first-order valence-electron chi connectivity index (χ1n) is 6.95. The Morgan fingerprint density at radius 2 is 2.10 bits per heavy atom.